The maximum absolute atomic E-state index is 13.0. The zero-order valence-corrected chi connectivity index (χ0v) is 21.5. The third-order valence-electron chi connectivity index (χ3n) is 5.57. The molecular formula is C27H28ClNO7. The Morgan fingerprint density at radius 3 is 1.97 bits per heavy atom. The topological polar surface area (TPSA) is 100 Å². The second-order valence-electron chi connectivity index (χ2n) is 7.86. The van der Waals surface area contributed by atoms with Crippen molar-refractivity contribution < 1.29 is 33.3 Å². The number of rotatable bonds is 8. The van der Waals surface area contributed by atoms with Crippen LogP contribution < -0.4 is 14.8 Å². The molecule has 0 fully saturated rings. The Hall–Kier alpha value is -3.78. The van der Waals surface area contributed by atoms with Gasteiger partial charge in [-0.15, -0.1) is 0 Å². The minimum atomic E-state index is -0.799. The van der Waals surface area contributed by atoms with Crippen LogP contribution in [0.4, 0.5) is 0 Å². The summed E-state index contributed by atoms with van der Waals surface area (Å²) in [7, 11) is 1.43. The van der Waals surface area contributed by atoms with Crippen LogP contribution in [0.3, 0.4) is 0 Å². The lowest BCUT2D eigenvalue weighted by molar-refractivity contribution is -0.139. The van der Waals surface area contributed by atoms with E-state index >= 15 is 0 Å². The molecule has 2 aromatic carbocycles. The Morgan fingerprint density at radius 2 is 1.44 bits per heavy atom. The summed E-state index contributed by atoms with van der Waals surface area (Å²) in [6, 6.07) is 11.3. The Labute approximate surface area is 214 Å². The van der Waals surface area contributed by atoms with Crippen LogP contribution in [-0.2, 0) is 19.1 Å². The third-order valence-corrected chi connectivity index (χ3v) is 5.90. The van der Waals surface area contributed by atoms with Crippen molar-refractivity contribution in [3.8, 4) is 11.5 Å². The molecule has 36 heavy (non-hydrogen) atoms. The van der Waals surface area contributed by atoms with Crippen molar-refractivity contribution in [2.75, 3.05) is 20.3 Å². The van der Waals surface area contributed by atoms with E-state index in [0.717, 1.165) is 0 Å². The van der Waals surface area contributed by atoms with E-state index in [1.807, 2.05) is 0 Å². The summed E-state index contributed by atoms with van der Waals surface area (Å²) >= 11 is 6.12. The largest absolute Gasteiger partial charge is 0.493 e. The van der Waals surface area contributed by atoms with Gasteiger partial charge < -0.3 is 24.3 Å². The van der Waals surface area contributed by atoms with Gasteiger partial charge in [0.25, 0.3) is 0 Å². The molecule has 0 saturated heterocycles. The SMILES string of the molecule is CCOC(=O)C1=C(C)NC(C)=C(C(=O)OCC)C1c1ccc(OC(=O)c2ccccc2Cl)c(OC)c1. The fraction of sp³-hybridized carbons (Fsp3) is 0.296. The van der Waals surface area contributed by atoms with Crippen LogP contribution in [0, 0.1) is 0 Å². The number of nitrogens with one attached hydrogen (secondary N) is 1. The van der Waals surface area contributed by atoms with E-state index in [0.29, 0.717) is 17.0 Å². The van der Waals surface area contributed by atoms with Crippen LogP contribution in [0.25, 0.3) is 0 Å². The van der Waals surface area contributed by atoms with Gasteiger partial charge in [-0.25, -0.2) is 14.4 Å². The number of halogens is 1. The molecule has 0 aliphatic carbocycles. The quantitative estimate of drug-likeness (QED) is 0.392. The van der Waals surface area contributed by atoms with E-state index in [1.165, 1.54) is 7.11 Å². The highest BCUT2D eigenvalue weighted by Gasteiger charge is 2.38. The van der Waals surface area contributed by atoms with Crippen molar-refractivity contribution in [3.05, 3.63) is 81.2 Å². The molecule has 8 nitrogen and oxygen atoms in total. The smallest absolute Gasteiger partial charge is 0.345 e. The normalized spacial score (nSPS) is 13.7. The Bertz CT molecular complexity index is 1210. The van der Waals surface area contributed by atoms with Gasteiger partial charge in [0.15, 0.2) is 11.5 Å². The molecular weight excluding hydrogens is 486 g/mol. The van der Waals surface area contributed by atoms with E-state index in [4.69, 9.17) is 30.5 Å². The molecule has 1 aliphatic heterocycles. The van der Waals surface area contributed by atoms with Gasteiger partial charge in [-0.3, -0.25) is 0 Å². The Morgan fingerprint density at radius 1 is 0.861 bits per heavy atom. The molecule has 0 amide bonds. The van der Waals surface area contributed by atoms with E-state index in [9.17, 15) is 14.4 Å². The van der Waals surface area contributed by atoms with Gasteiger partial charge in [-0.05, 0) is 57.5 Å². The summed E-state index contributed by atoms with van der Waals surface area (Å²) in [5.74, 6) is -2.19. The first-order valence-corrected chi connectivity index (χ1v) is 11.8. The molecule has 1 aliphatic rings. The highest BCUT2D eigenvalue weighted by Crippen LogP contribution is 2.42. The van der Waals surface area contributed by atoms with Crippen molar-refractivity contribution in [1.29, 1.82) is 0 Å². The van der Waals surface area contributed by atoms with Gasteiger partial charge >= 0.3 is 17.9 Å². The molecule has 0 atom stereocenters. The molecule has 0 unspecified atom stereocenters. The standard InChI is InChI=1S/C27H28ClNO7/c1-6-34-26(31)22-15(3)29-16(4)23(27(32)35-7-2)24(22)17-12-13-20(21(14-17)33-5)36-25(30)18-10-8-9-11-19(18)28/h8-14,24,29H,6-7H2,1-5H3. The second kappa shape index (κ2) is 11.8. The number of allylic oxidation sites excluding steroid dienone is 2. The number of dihydropyridines is 1. The molecule has 190 valence electrons. The van der Waals surface area contributed by atoms with E-state index < -0.39 is 23.8 Å². The van der Waals surface area contributed by atoms with Crippen molar-refractivity contribution in [2.45, 2.75) is 33.6 Å². The molecule has 0 bridgehead atoms. The molecule has 0 aromatic heterocycles. The van der Waals surface area contributed by atoms with Crippen molar-refractivity contribution in [3.63, 3.8) is 0 Å². The van der Waals surface area contributed by atoms with Crippen LogP contribution in [0.15, 0.2) is 65.0 Å². The van der Waals surface area contributed by atoms with E-state index in [2.05, 4.69) is 5.32 Å². The first-order valence-electron chi connectivity index (χ1n) is 11.4. The van der Waals surface area contributed by atoms with Gasteiger partial charge in [-0.2, -0.15) is 0 Å². The monoisotopic (exact) mass is 513 g/mol. The van der Waals surface area contributed by atoms with Crippen LogP contribution >= 0.6 is 11.6 Å². The summed E-state index contributed by atoms with van der Waals surface area (Å²) in [4.78, 5) is 38.6. The number of ether oxygens (including phenoxy) is 4. The summed E-state index contributed by atoms with van der Waals surface area (Å²) in [5.41, 5.74) is 2.40. The highest BCUT2D eigenvalue weighted by molar-refractivity contribution is 6.33. The molecule has 2 aromatic rings. The molecule has 0 spiro atoms. The number of esters is 3. The second-order valence-corrected chi connectivity index (χ2v) is 8.26. The predicted octanol–water partition coefficient (Wildman–Crippen LogP) is 4.93. The van der Waals surface area contributed by atoms with Crippen molar-refractivity contribution in [2.24, 2.45) is 0 Å². The van der Waals surface area contributed by atoms with Crippen LogP contribution in [0.1, 0.15) is 49.5 Å². The fourth-order valence-corrected chi connectivity index (χ4v) is 4.23. The van der Waals surface area contributed by atoms with Gasteiger partial charge in [0.2, 0.25) is 0 Å². The lowest BCUT2D eigenvalue weighted by Crippen LogP contribution is -2.32. The lowest BCUT2D eigenvalue weighted by atomic mass is 9.80. The van der Waals surface area contributed by atoms with Crippen LogP contribution in [0.2, 0.25) is 5.02 Å². The molecule has 3 rings (SSSR count). The number of carbonyl (C=O) groups excluding carboxylic acids is 3. The Balaban J connectivity index is 2.08. The van der Waals surface area contributed by atoms with Crippen molar-refractivity contribution >= 4 is 29.5 Å². The highest BCUT2D eigenvalue weighted by atomic mass is 35.5. The van der Waals surface area contributed by atoms with Crippen LogP contribution in [-0.4, -0.2) is 38.2 Å². The lowest BCUT2D eigenvalue weighted by Gasteiger charge is -2.30. The average molecular weight is 514 g/mol. The van der Waals surface area contributed by atoms with E-state index in [1.54, 1.807) is 70.2 Å². The molecule has 1 heterocycles. The third kappa shape index (κ3) is 5.54. The van der Waals surface area contributed by atoms with Crippen molar-refractivity contribution in [1.82, 2.24) is 5.32 Å². The zero-order valence-electron chi connectivity index (χ0n) is 20.8. The minimum Gasteiger partial charge on any atom is -0.493 e. The Kier molecular flexibility index (Phi) is 8.77. The first kappa shape index (κ1) is 26.8. The minimum absolute atomic E-state index is 0.150. The molecule has 1 N–H and O–H groups in total. The van der Waals surface area contributed by atoms with Gasteiger partial charge in [0, 0.05) is 11.4 Å². The molecule has 0 saturated carbocycles. The summed E-state index contributed by atoms with van der Waals surface area (Å²) in [6.45, 7) is 7.22. The molecule has 9 heteroatoms. The number of carbonyl (C=O) groups is 3. The summed E-state index contributed by atoms with van der Waals surface area (Å²) in [5, 5.41) is 3.35. The first-order chi connectivity index (χ1) is 17.2. The summed E-state index contributed by atoms with van der Waals surface area (Å²) < 4.78 is 21.6. The van der Waals surface area contributed by atoms with Gasteiger partial charge in [0.05, 0.1) is 48.0 Å². The van der Waals surface area contributed by atoms with Gasteiger partial charge in [-0.1, -0.05) is 29.8 Å². The maximum atomic E-state index is 13.0. The number of hydrogen-bond acceptors (Lipinski definition) is 8. The number of benzene rings is 2. The van der Waals surface area contributed by atoms with Crippen LogP contribution in [0.5, 0.6) is 11.5 Å². The molecule has 0 radical (unpaired) electrons. The zero-order chi connectivity index (χ0) is 26.4. The maximum Gasteiger partial charge on any atom is 0.345 e. The fourth-order valence-electron chi connectivity index (χ4n) is 4.02. The number of hydrogen-bond donors (Lipinski definition) is 1. The number of methoxy groups -OCH3 is 1. The summed E-state index contributed by atoms with van der Waals surface area (Å²) in [6.07, 6.45) is 0. The van der Waals surface area contributed by atoms with E-state index in [-0.39, 0.29) is 46.4 Å². The predicted molar refractivity (Wildman–Crippen MR) is 134 cm³/mol. The average Bonchev–Trinajstić information content (AvgIpc) is 2.84. The van der Waals surface area contributed by atoms with Gasteiger partial charge in [0.1, 0.15) is 0 Å².